The van der Waals surface area contributed by atoms with Crippen molar-refractivity contribution >= 4 is 34.6 Å². The minimum Gasteiger partial charge on any atom is -0.336 e. The van der Waals surface area contributed by atoms with Gasteiger partial charge in [0.05, 0.1) is 28.4 Å². The van der Waals surface area contributed by atoms with Crippen LogP contribution in [0.1, 0.15) is 15.9 Å². The normalized spacial score (nSPS) is 15.4. The Hall–Kier alpha value is -1.67. The van der Waals surface area contributed by atoms with Gasteiger partial charge in [-0.15, -0.1) is 0 Å². The summed E-state index contributed by atoms with van der Waals surface area (Å²) >= 11 is 2.01. The van der Waals surface area contributed by atoms with Crippen molar-refractivity contribution < 1.29 is 4.79 Å². The number of benzene rings is 1. The fraction of sp³-hybridized carbons (Fsp3) is 0.294. The number of anilines is 1. The van der Waals surface area contributed by atoms with Crippen LogP contribution >= 0.6 is 22.9 Å². The minimum atomic E-state index is 0.0524. The van der Waals surface area contributed by atoms with Gasteiger partial charge in [-0.05, 0) is 17.7 Å². The van der Waals surface area contributed by atoms with E-state index in [1.807, 2.05) is 39.9 Å². The lowest BCUT2D eigenvalue weighted by atomic mass is 10.1. The lowest BCUT2D eigenvalue weighted by molar-refractivity contribution is 0.0629. The van der Waals surface area contributed by atoms with Crippen molar-refractivity contribution in [2.75, 3.05) is 29.7 Å². The number of nitrogens with zero attached hydrogens (tertiary/aromatic N) is 3. The molecule has 1 fully saturated rings. The summed E-state index contributed by atoms with van der Waals surface area (Å²) in [4.78, 5) is 21.2. The number of hydrogen-bond acceptors (Lipinski definition) is 4. The fourth-order valence-electron chi connectivity index (χ4n) is 2.77. The predicted molar refractivity (Wildman–Crippen MR) is 99.5 cm³/mol. The van der Waals surface area contributed by atoms with E-state index in [9.17, 15) is 4.79 Å². The first-order valence-electron chi connectivity index (χ1n) is 7.65. The molecule has 0 unspecified atom stereocenters. The van der Waals surface area contributed by atoms with Crippen molar-refractivity contribution in [2.24, 2.45) is 0 Å². The van der Waals surface area contributed by atoms with Crippen molar-refractivity contribution in [2.45, 2.75) is 6.54 Å². The van der Waals surface area contributed by atoms with Crippen LogP contribution in [0.3, 0.4) is 0 Å². The van der Waals surface area contributed by atoms with Crippen molar-refractivity contribution in [1.29, 1.82) is 0 Å². The third kappa shape index (κ3) is 4.00. The maximum Gasteiger partial charge on any atom is 0.257 e. The molecule has 0 atom stereocenters. The van der Waals surface area contributed by atoms with E-state index in [0.717, 1.165) is 32.7 Å². The molecular weight excluding hydrogens is 403 g/mol. The number of piperazine rings is 1. The summed E-state index contributed by atoms with van der Waals surface area (Å²) in [5, 5.41) is 0. The van der Waals surface area contributed by atoms with E-state index in [1.54, 1.807) is 12.3 Å². The van der Waals surface area contributed by atoms with Crippen molar-refractivity contribution in [3.63, 3.8) is 0 Å². The number of amides is 1. The van der Waals surface area contributed by atoms with Gasteiger partial charge in [0, 0.05) is 38.9 Å². The van der Waals surface area contributed by atoms with Crippen molar-refractivity contribution in [3.8, 4) is 0 Å². The molecule has 1 aliphatic rings. The lowest BCUT2D eigenvalue weighted by Gasteiger charge is -2.35. The zero-order valence-electron chi connectivity index (χ0n) is 12.8. The van der Waals surface area contributed by atoms with Crippen LogP contribution < -0.4 is 3.53 Å². The van der Waals surface area contributed by atoms with Gasteiger partial charge in [0.15, 0.2) is 0 Å². The van der Waals surface area contributed by atoms with E-state index < -0.39 is 0 Å². The summed E-state index contributed by atoms with van der Waals surface area (Å²) in [6.45, 7) is 4.24. The van der Waals surface area contributed by atoms with E-state index in [0.29, 0.717) is 11.4 Å². The number of pyridine rings is 1. The second-order valence-corrected chi connectivity index (χ2v) is 6.09. The van der Waals surface area contributed by atoms with Crippen molar-refractivity contribution in [1.82, 2.24) is 14.8 Å². The Morgan fingerprint density at radius 2 is 1.83 bits per heavy atom. The summed E-state index contributed by atoms with van der Waals surface area (Å²) in [6.07, 6.45) is 1.69. The Balaban J connectivity index is 1.59. The average Bonchev–Trinajstić information content (AvgIpc) is 2.62. The van der Waals surface area contributed by atoms with E-state index >= 15 is 0 Å². The molecule has 0 spiro atoms. The molecule has 0 bridgehead atoms. The molecule has 2 aromatic rings. The lowest BCUT2D eigenvalue weighted by Crippen LogP contribution is -2.48. The first kappa shape index (κ1) is 16.2. The molecule has 0 saturated carbocycles. The Kier molecular flexibility index (Phi) is 5.45. The Morgan fingerprint density at radius 3 is 2.52 bits per heavy atom. The van der Waals surface area contributed by atoms with Crippen LogP contribution in [-0.4, -0.2) is 46.9 Å². The average molecular weight is 422 g/mol. The van der Waals surface area contributed by atoms with Crippen LogP contribution in [0.25, 0.3) is 0 Å². The Bertz CT molecular complexity index is 657. The quantitative estimate of drug-likeness (QED) is 0.608. The zero-order chi connectivity index (χ0) is 16.1. The molecule has 1 aromatic carbocycles. The maximum atomic E-state index is 12.7. The van der Waals surface area contributed by atoms with Crippen molar-refractivity contribution in [3.05, 3.63) is 59.8 Å². The Morgan fingerprint density at radius 1 is 1.09 bits per heavy atom. The molecule has 23 heavy (non-hydrogen) atoms. The van der Waals surface area contributed by atoms with Crippen LogP contribution in [0, 0.1) is 0 Å². The maximum absolute atomic E-state index is 12.7. The number of carbonyl (C=O) groups is 1. The summed E-state index contributed by atoms with van der Waals surface area (Å²) in [5.74, 6) is 0.682. The standard InChI is InChI=1S/C17H19IN4O/c18-20-16-15(7-4-8-19-16)17(23)22-11-9-21(10-12-22)13-14-5-2-1-3-6-14/h1-8H,9-13H2,(H,19,20). The van der Waals surface area contributed by atoms with E-state index in [4.69, 9.17) is 0 Å². The topological polar surface area (TPSA) is 48.5 Å². The molecule has 3 rings (SSSR count). The summed E-state index contributed by atoms with van der Waals surface area (Å²) in [6, 6.07) is 14.1. The number of nitrogens with one attached hydrogen (secondary N) is 1. The van der Waals surface area contributed by atoms with E-state index in [2.05, 4.69) is 37.7 Å². The number of aromatic nitrogens is 1. The molecule has 0 radical (unpaired) electrons. The van der Waals surface area contributed by atoms with Gasteiger partial charge in [-0.25, -0.2) is 4.98 Å². The molecule has 5 nitrogen and oxygen atoms in total. The summed E-state index contributed by atoms with van der Waals surface area (Å²) < 4.78 is 2.96. The largest absolute Gasteiger partial charge is 0.336 e. The van der Waals surface area contributed by atoms with Crippen LogP contribution in [0.2, 0.25) is 0 Å². The smallest absolute Gasteiger partial charge is 0.257 e. The number of hydrogen-bond donors (Lipinski definition) is 1. The molecule has 6 heteroatoms. The van der Waals surface area contributed by atoms with E-state index in [1.165, 1.54) is 5.56 Å². The molecule has 1 aliphatic heterocycles. The van der Waals surface area contributed by atoms with Crippen LogP contribution in [0.4, 0.5) is 5.82 Å². The highest BCUT2D eigenvalue weighted by molar-refractivity contribution is 14.1. The third-order valence-electron chi connectivity index (χ3n) is 4.04. The van der Waals surface area contributed by atoms with Gasteiger partial charge in [-0.3, -0.25) is 9.69 Å². The highest BCUT2D eigenvalue weighted by atomic mass is 127. The highest BCUT2D eigenvalue weighted by Gasteiger charge is 2.24. The molecule has 1 N–H and O–H groups in total. The van der Waals surface area contributed by atoms with Gasteiger partial charge in [-0.2, -0.15) is 0 Å². The third-order valence-corrected chi connectivity index (χ3v) is 4.55. The SMILES string of the molecule is O=C(c1cccnc1NI)N1CCN(Cc2ccccc2)CC1. The van der Waals surface area contributed by atoms with Gasteiger partial charge >= 0.3 is 0 Å². The molecule has 1 aromatic heterocycles. The minimum absolute atomic E-state index is 0.0524. The van der Waals surface area contributed by atoms with E-state index in [-0.39, 0.29) is 5.91 Å². The van der Waals surface area contributed by atoms with Gasteiger partial charge in [0.25, 0.3) is 5.91 Å². The molecule has 1 saturated heterocycles. The molecule has 2 heterocycles. The number of carbonyl (C=O) groups excluding carboxylic acids is 1. The number of halogens is 1. The fourth-order valence-corrected chi connectivity index (χ4v) is 3.20. The van der Waals surface area contributed by atoms with Crippen LogP contribution in [0.5, 0.6) is 0 Å². The summed E-state index contributed by atoms with van der Waals surface area (Å²) in [7, 11) is 0. The second kappa shape index (κ2) is 7.74. The molecule has 120 valence electrons. The van der Waals surface area contributed by atoms with Gasteiger partial charge < -0.3 is 8.43 Å². The van der Waals surface area contributed by atoms with Gasteiger partial charge in [0.2, 0.25) is 0 Å². The Labute approximate surface area is 150 Å². The highest BCUT2D eigenvalue weighted by Crippen LogP contribution is 2.17. The van der Waals surface area contributed by atoms with Crippen LogP contribution in [0.15, 0.2) is 48.7 Å². The molecule has 0 aliphatic carbocycles. The van der Waals surface area contributed by atoms with Gasteiger partial charge in [0.1, 0.15) is 5.82 Å². The summed E-state index contributed by atoms with van der Waals surface area (Å²) in [5.41, 5.74) is 1.95. The monoisotopic (exact) mass is 422 g/mol. The van der Waals surface area contributed by atoms with Crippen LogP contribution in [-0.2, 0) is 6.54 Å². The number of rotatable bonds is 4. The molecule has 1 amide bonds. The molecular formula is C17H19IN4O. The zero-order valence-corrected chi connectivity index (χ0v) is 14.9. The first-order valence-corrected chi connectivity index (χ1v) is 8.73. The first-order chi connectivity index (χ1) is 11.3. The second-order valence-electron chi connectivity index (χ2n) is 5.55. The van der Waals surface area contributed by atoms with Gasteiger partial charge in [-0.1, -0.05) is 30.3 Å². The predicted octanol–water partition coefficient (Wildman–Crippen LogP) is 2.80.